The highest BCUT2D eigenvalue weighted by Crippen LogP contribution is 2.55. The number of piperazine rings is 1. The Morgan fingerprint density at radius 2 is 1.48 bits per heavy atom. The van der Waals surface area contributed by atoms with Crippen LogP contribution in [0.2, 0.25) is 0 Å². The van der Waals surface area contributed by atoms with Crippen molar-refractivity contribution in [2.75, 3.05) is 63.9 Å². The second-order valence-corrected chi connectivity index (χ2v) is 12.3. The van der Waals surface area contributed by atoms with Crippen LogP contribution in [0.1, 0.15) is 25.0 Å². The molecule has 0 N–H and O–H groups in total. The van der Waals surface area contributed by atoms with Gasteiger partial charge in [-0.3, -0.25) is 19.4 Å². The summed E-state index contributed by atoms with van der Waals surface area (Å²) >= 11 is 0. The van der Waals surface area contributed by atoms with E-state index in [0.29, 0.717) is 19.2 Å². The van der Waals surface area contributed by atoms with Gasteiger partial charge >= 0.3 is 24.4 Å². The first-order valence-corrected chi connectivity index (χ1v) is 14.2. The lowest BCUT2D eigenvalue weighted by molar-refractivity contribution is -0.292. The molecule has 2 bridgehead atoms. The van der Waals surface area contributed by atoms with Crippen molar-refractivity contribution in [3.63, 3.8) is 0 Å². The van der Waals surface area contributed by atoms with Crippen LogP contribution in [-0.4, -0.2) is 115 Å². The predicted molar refractivity (Wildman–Crippen MR) is 140 cm³/mol. The average Bonchev–Trinajstić information content (AvgIpc) is 3.33. The maximum absolute atomic E-state index is 13.7. The predicted octanol–water partition coefficient (Wildman–Crippen LogP) is 3.50. The number of likely N-dealkylation sites (tertiary alicyclic amines) is 1. The van der Waals surface area contributed by atoms with Gasteiger partial charge in [-0.15, -0.1) is 0 Å². The van der Waals surface area contributed by atoms with E-state index in [1.165, 1.54) is 6.07 Å². The fraction of sp³-hybridized carbons (Fsp3) is 0.643. The molecule has 4 aliphatic rings. The summed E-state index contributed by atoms with van der Waals surface area (Å²) < 4.78 is 114. The van der Waals surface area contributed by atoms with E-state index < -0.39 is 77.0 Å². The molecular formula is C28H29F8N5O5. The summed E-state index contributed by atoms with van der Waals surface area (Å²) in [4.78, 5) is 45.1. The molecule has 4 atom stereocenters. The third-order valence-corrected chi connectivity index (χ3v) is 9.01. The van der Waals surface area contributed by atoms with Gasteiger partial charge in [-0.25, -0.2) is 9.69 Å². The molecule has 46 heavy (non-hydrogen) atoms. The molecule has 4 heterocycles. The first-order chi connectivity index (χ1) is 21.2. The molecule has 10 nitrogen and oxygen atoms in total. The number of anilines is 1. The van der Waals surface area contributed by atoms with Crippen LogP contribution in [0.15, 0.2) is 18.2 Å². The number of alkyl halides is 8. The lowest BCUT2D eigenvalue weighted by atomic mass is 9.79. The Balaban J connectivity index is 1.19. The SMILES string of the molecule is C[C@]12CN(CCN3CCN(C(=O)OCC(F)(F)C(F)(F)F)CC3)C[C@](C)(O1)[C@@H]1C(=O)N(c3ccc(C#N)c(C(F)(F)F)c3)C(=O)[C@@H]12. The van der Waals surface area contributed by atoms with Crippen LogP contribution in [0, 0.1) is 23.2 Å². The Morgan fingerprint density at radius 3 is 1.98 bits per heavy atom. The molecule has 0 aliphatic carbocycles. The first-order valence-electron chi connectivity index (χ1n) is 14.2. The number of amides is 3. The molecule has 4 fully saturated rings. The van der Waals surface area contributed by atoms with Crippen LogP contribution in [0.3, 0.4) is 0 Å². The maximum Gasteiger partial charge on any atom is 0.456 e. The van der Waals surface area contributed by atoms with Gasteiger partial charge in [0.05, 0.1) is 45.9 Å². The Morgan fingerprint density at radius 1 is 0.935 bits per heavy atom. The monoisotopic (exact) mass is 667 g/mol. The summed E-state index contributed by atoms with van der Waals surface area (Å²) in [6.07, 6.45) is -12.0. The average molecular weight is 668 g/mol. The number of carbonyl (C=O) groups is 3. The number of morpholine rings is 1. The Hall–Kier alpha value is -3.56. The summed E-state index contributed by atoms with van der Waals surface area (Å²) in [5.41, 5.74) is -4.49. The van der Waals surface area contributed by atoms with Gasteiger partial charge in [0.25, 0.3) is 0 Å². The molecule has 0 radical (unpaired) electrons. The van der Waals surface area contributed by atoms with Gasteiger partial charge in [-0.05, 0) is 32.0 Å². The molecule has 0 aromatic heterocycles. The molecule has 1 aromatic carbocycles. The number of rotatable bonds is 6. The number of nitriles is 1. The van der Waals surface area contributed by atoms with Crippen LogP contribution < -0.4 is 4.90 Å². The highest BCUT2D eigenvalue weighted by atomic mass is 19.4. The highest BCUT2D eigenvalue weighted by Gasteiger charge is 2.71. The lowest BCUT2D eigenvalue weighted by Crippen LogP contribution is -2.59. The molecule has 1 aromatic rings. The van der Waals surface area contributed by atoms with Crippen LogP contribution in [0.4, 0.5) is 45.6 Å². The first kappa shape index (κ1) is 33.8. The lowest BCUT2D eigenvalue weighted by Gasteiger charge is -2.45. The highest BCUT2D eigenvalue weighted by molar-refractivity contribution is 6.23. The second-order valence-electron chi connectivity index (χ2n) is 12.3. The van der Waals surface area contributed by atoms with E-state index in [2.05, 4.69) is 4.74 Å². The fourth-order valence-corrected chi connectivity index (χ4v) is 6.94. The Labute approximate surface area is 257 Å². The quantitative estimate of drug-likeness (QED) is 0.336. The number of hydrogen-bond acceptors (Lipinski definition) is 8. The zero-order valence-electron chi connectivity index (χ0n) is 24.6. The minimum absolute atomic E-state index is 0.0311. The van der Waals surface area contributed by atoms with Gasteiger partial charge in [0.2, 0.25) is 11.8 Å². The third kappa shape index (κ3) is 5.88. The van der Waals surface area contributed by atoms with Gasteiger partial charge in [0.1, 0.15) is 0 Å². The largest absolute Gasteiger partial charge is 0.456 e. The van der Waals surface area contributed by atoms with Gasteiger partial charge in [0, 0.05) is 52.4 Å². The van der Waals surface area contributed by atoms with Gasteiger partial charge in [-0.2, -0.15) is 40.4 Å². The van der Waals surface area contributed by atoms with Crippen molar-refractivity contribution >= 4 is 23.6 Å². The molecule has 252 valence electrons. The van der Waals surface area contributed by atoms with E-state index in [0.717, 1.165) is 21.9 Å². The van der Waals surface area contributed by atoms with E-state index in [-0.39, 0.29) is 45.0 Å². The Bertz CT molecular complexity index is 1420. The smallest absolute Gasteiger partial charge is 0.443 e. The summed E-state index contributed by atoms with van der Waals surface area (Å²) in [6, 6.07) is 4.15. The number of carbonyl (C=O) groups excluding carboxylic acids is 3. The van der Waals surface area contributed by atoms with Gasteiger partial charge in [0.15, 0.2) is 6.61 Å². The number of hydrogen-bond donors (Lipinski definition) is 0. The van der Waals surface area contributed by atoms with Crippen molar-refractivity contribution in [1.29, 1.82) is 5.26 Å². The fourth-order valence-electron chi connectivity index (χ4n) is 6.94. The second kappa shape index (κ2) is 11.3. The summed E-state index contributed by atoms with van der Waals surface area (Å²) in [5.74, 6) is -8.51. The van der Waals surface area contributed by atoms with Crippen LogP contribution in [-0.2, 0) is 25.2 Å². The molecule has 3 amide bonds. The van der Waals surface area contributed by atoms with E-state index in [9.17, 15) is 49.5 Å². The van der Waals surface area contributed by atoms with Crippen LogP contribution in [0.25, 0.3) is 0 Å². The van der Waals surface area contributed by atoms with Crippen molar-refractivity contribution in [3.05, 3.63) is 29.3 Å². The number of fused-ring (bicyclic) bond motifs is 5. The number of nitrogens with zero attached hydrogens (tertiary/aromatic N) is 5. The standard InChI is InChI=1S/C28H29F8N5O5/c1-24-13-39(6-5-38-7-9-40(10-8-38)23(44)45-15-26(29,30)28(34,35)36)14-25(2,46-24)20-19(24)21(42)41(22(20)43)17-4-3-16(12-37)18(11-17)27(31,32)33/h3-4,11,19-20H,5-10,13-15H2,1-2H3/t19-,20+,24-,25+. The van der Waals surface area contributed by atoms with Crippen molar-refractivity contribution in [2.24, 2.45) is 11.8 Å². The normalized spacial score (nSPS) is 29.2. The summed E-state index contributed by atoms with van der Waals surface area (Å²) in [5, 5.41) is 9.11. The van der Waals surface area contributed by atoms with E-state index in [1.54, 1.807) is 13.8 Å². The van der Waals surface area contributed by atoms with Gasteiger partial charge in [-0.1, -0.05) is 0 Å². The molecule has 0 unspecified atom stereocenters. The van der Waals surface area contributed by atoms with Crippen LogP contribution >= 0.6 is 0 Å². The molecule has 5 rings (SSSR count). The summed E-state index contributed by atoms with van der Waals surface area (Å²) in [7, 11) is 0. The number of ether oxygens (including phenoxy) is 2. The molecular weight excluding hydrogens is 638 g/mol. The van der Waals surface area contributed by atoms with E-state index in [4.69, 9.17) is 10.00 Å². The van der Waals surface area contributed by atoms with Crippen LogP contribution in [0.5, 0.6) is 0 Å². The maximum atomic E-state index is 13.7. The minimum atomic E-state index is -5.84. The number of imide groups is 1. The Kier molecular flexibility index (Phi) is 8.30. The molecule has 0 spiro atoms. The summed E-state index contributed by atoms with van der Waals surface area (Å²) in [6.45, 7) is 3.19. The van der Waals surface area contributed by atoms with Crippen molar-refractivity contribution < 1.29 is 59.0 Å². The molecule has 4 saturated heterocycles. The van der Waals surface area contributed by atoms with Crippen molar-refractivity contribution in [2.45, 2.75) is 43.3 Å². The van der Waals surface area contributed by atoms with Gasteiger partial charge < -0.3 is 14.4 Å². The third-order valence-electron chi connectivity index (χ3n) is 9.01. The van der Waals surface area contributed by atoms with Crippen molar-refractivity contribution in [3.8, 4) is 6.07 Å². The number of halogens is 8. The van der Waals surface area contributed by atoms with E-state index >= 15 is 0 Å². The number of benzene rings is 1. The molecule has 4 aliphatic heterocycles. The zero-order valence-corrected chi connectivity index (χ0v) is 24.6. The topological polar surface area (TPSA) is 106 Å². The van der Waals surface area contributed by atoms with E-state index in [1.807, 2.05) is 9.80 Å². The van der Waals surface area contributed by atoms with Crippen molar-refractivity contribution in [1.82, 2.24) is 14.7 Å². The minimum Gasteiger partial charge on any atom is -0.443 e. The molecule has 18 heteroatoms. The zero-order chi connectivity index (χ0) is 34.0. The molecule has 0 saturated carbocycles.